The minimum absolute atomic E-state index is 0.0132. The molecule has 0 saturated heterocycles. The number of aldehydes is 1. The number of aliphatic hydroxyl groups is 1. The third-order valence-corrected chi connectivity index (χ3v) is 5.55. The standard InChI is InChI=1S/C22H24N2O6/c1-22(2)9-14(26)17(15(27)10-22)16(13-7-5-12(11-25)6-8-13)18-19(28)23(3)21(30)24(4)20(18)29/h5-8,11,16,26,28H,9-10H2,1-4H3. The summed E-state index contributed by atoms with van der Waals surface area (Å²) >= 11 is 0. The smallest absolute Gasteiger partial charge is 0.333 e. The molecule has 0 fully saturated rings. The quantitative estimate of drug-likeness (QED) is 0.741. The summed E-state index contributed by atoms with van der Waals surface area (Å²) in [4.78, 5) is 49.3. The third-order valence-electron chi connectivity index (χ3n) is 5.55. The fourth-order valence-corrected chi connectivity index (χ4v) is 3.99. The van der Waals surface area contributed by atoms with Gasteiger partial charge < -0.3 is 10.2 Å². The number of Topliss-reactive ketones (excluding diaryl/α,β-unsaturated/α-hetero) is 1. The number of rotatable bonds is 4. The molecule has 30 heavy (non-hydrogen) atoms. The molecule has 0 saturated carbocycles. The first kappa shape index (κ1) is 21.3. The number of hydrogen-bond acceptors (Lipinski definition) is 6. The fourth-order valence-electron chi connectivity index (χ4n) is 3.99. The minimum atomic E-state index is -1.10. The lowest BCUT2D eigenvalue weighted by Crippen LogP contribution is -2.40. The van der Waals surface area contributed by atoms with Gasteiger partial charge in [-0.2, -0.15) is 0 Å². The molecule has 8 nitrogen and oxygen atoms in total. The van der Waals surface area contributed by atoms with Crippen molar-refractivity contribution in [1.82, 2.24) is 9.13 Å². The molecule has 2 aromatic rings. The van der Waals surface area contributed by atoms with Gasteiger partial charge in [-0.05, 0) is 11.0 Å². The van der Waals surface area contributed by atoms with Crippen LogP contribution >= 0.6 is 0 Å². The molecular weight excluding hydrogens is 388 g/mol. The Hall–Kier alpha value is -3.42. The van der Waals surface area contributed by atoms with Crippen molar-refractivity contribution in [2.75, 3.05) is 0 Å². The lowest BCUT2D eigenvalue weighted by Gasteiger charge is -2.33. The first-order chi connectivity index (χ1) is 14.0. The predicted molar refractivity (Wildman–Crippen MR) is 110 cm³/mol. The van der Waals surface area contributed by atoms with E-state index in [0.717, 1.165) is 9.13 Å². The number of benzene rings is 1. The van der Waals surface area contributed by atoms with Crippen molar-refractivity contribution >= 4 is 12.1 Å². The van der Waals surface area contributed by atoms with E-state index >= 15 is 0 Å². The molecule has 1 heterocycles. The second kappa shape index (κ2) is 7.44. The van der Waals surface area contributed by atoms with Gasteiger partial charge in [0.05, 0.1) is 11.5 Å². The van der Waals surface area contributed by atoms with Gasteiger partial charge in [-0.15, -0.1) is 0 Å². The summed E-state index contributed by atoms with van der Waals surface area (Å²) < 4.78 is 1.76. The second-order valence-corrected chi connectivity index (χ2v) is 8.46. The van der Waals surface area contributed by atoms with E-state index in [2.05, 4.69) is 0 Å². The maximum Gasteiger partial charge on any atom is 0.333 e. The van der Waals surface area contributed by atoms with Gasteiger partial charge in [0.1, 0.15) is 12.0 Å². The first-order valence-corrected chi connectivity index (χ1v) is 9.47. The minimum Gasteiger partial charge on any atom is -0.512 e. The van der Waals surface area contributed by atoms with Crippen LogP contribution in [0.25, 0.3) is 0 Å². The zero-order valence-electron chi connectivity index (χ0n) is 17.3. The Bertz CT molecular complexity index is 1180. The van der Waals surface area contributed by atoms with Gasteiger partial charge in [-0.1, -0.05) is 38.1 Å². The van der Waals surface area contributed by atoms with Gasteiger partial charge in [0.2, 0.25) is 5.88 Å². The van der Waals surface area contributed by atoms with Crippen molar-refractivity contribution in [3.63, 3.8) is 0 Å². The number of aromatic nitrogens is 2. The van der Waals surface area contributed by atoms with Gasteiger partial charge in [0.25, 0.3) is 5.56 Å². The van der Waals surface area contributed by atoms with Gasteiger partial charge >= 0.3 is 5.69 Å². The van der Waals surface area contributed by atoms with Crippen LogP contribution in [-0.4, -0.2) is 31.4 Å². The average Bonchev–Trinajstić information content (AvgIpc) is 2.68. The lowest BCUT2D eigenvalue weighted by atomic mass is 9.71. The van der Waals surface area contributed by atoms with Crippen LogP contribution in [0.5, 0.6) is 5.88 Å². The van der Waals surface area contributed by atoms with Crippen LogP contribution in [-0.2, 0) is 18.9 Å². The van der Waals surface area contributed by atoms with Crippen LogP contribution in [0, 0.1) is 5.41 Å². The van der Waals surface area contributed by atoms with Gasteiger partial charge in [-0.25, -0.2) is 4.79 Å². The van der Waals surface area contributed by atoms with E-state index in [1.165, 1.54) is 26.2 Å². The average molecular weight is 412 g/mol. The van der Waals surface area contributed by atoms with E-state index in [0.29, 0.717) is 17.4 Å². The monoisotopic (exact) mass is 412 g/mol. The van der Waals surface area contributed by atoms with Crippen LogP contribution < -0.4 is 11.2 Å². The summed E-state index contributed by atoms with van der Waals surface area (Å²) in [6, 6.07) is 6.17. The van der Waals surface area contributed by atoms with Crippen LogP contribution in [0.1, 0.15) is 54.1 Å². The molecule has 158 valence electrons. The van der Waals surface area contributed by atoms with E-state index in [-0.39, 0.29) is 35.5 Å². The molecule has 8 heteroatoms. The Balaban J connectivity index is 2.38. The van der Waals surface area contributed by atoms with Crippen LogP contribution in [0.4, 0.5) is 0 Å². The summed E-state index contributed by atoms with van der Waals surface area (Å²) in [5.74, 6) is -2.18. The number of hydrogen-bond donors (Lipinski definition) is 2. The van der Waals surface area contributed by atoms with Crippen molar-refractivity contribution in [3.05, 3.63) is 73.1 Å². The molecule has 0 aliphatic heterocycles. The zero-order chi connectivity index (χ0) is 22.4. The van der Waals surface area contributed by atoms with Crippen molar-refractivity contribution in [2.24, 2.45) is 19.5 Å². The molecule has 2 N–H and O–H groups in total. The molecule has 1 aliphatic rings. The van der Waals surface area contributed by atoms with Gasteiger partial charge in [0, 0.05) is 38.1 Å². The summed E-state index contributed by atoms with van der Waals surface area (Å²) in [7, 11) is 2.59. The number of nitrogens with zero attached hydrogens (tertiary/aromatic N) is 2. The van der Waals surface area contributed by atoms with E-state index < -0.39 is 28.5 Å². The third kappa shape index (κ3) is 3.49. The largest absolute Gasteiger partial charge is 0.512 e. The Morgan fingerprint density at radius 2 is 1.60 bits per heavy atom. The Morgan fingerprint density at radius 1 is 1.00 bits per heavy atom. The summed E-state index contributed by atoms with van der Waals surface area (Å²) in [6.07, 6.45) is 1.04. The molecule has 0 radical (unpaired) electrons. The van der Waals surface area contributed by atoms with E-state index in [4.69, 9.17) is 0 Å². The molecule has 1 aromatic heterocycles. The van der Waals surface area contributed by atoms with E-state index in [1.807, 2.05) is 13.8 Å². The maximum absolute atomic E-state index is 13.1. The van der Waals surface area contributed by atoms with Crippen LogP contribution in [0.3, 0.4) is 0 Å². The van der Waals surface area contributed by atoms with Crippen molar-refractivity contribution in [3.8, 4) is 5.88 Å². The summed E-state index contributed by atoms with van der Waals surface area (Å²) in [5.41, 5.74) is -1.28. The number of allylic oxidation sites excluding steroid dienone is 2. The van der Waals surface area contributed by atoms with Crippen LogP contribution in [0.15, 0.2) is 45.2 Å². The molecule has 3 rings (SSSR count). The van der Waals surface area contributed by atoms with Crippen molar-refractivity contribution in [2.45, 2.75) is 32.6 Å². The van der Waals surface area contributed by atoms with E-state index in [1.54, 1.807) is 12.1 Å². The number of carbonyl (C=O) groups excluding carboxylic acids is 2. The number of aliphatic hydroxyl groups excluding tert-OH is 1. The molecule has 0 spiro atoms. The highest BCUT2D eigenvalue weighted by Crippen LogP contribution is 2.43. The van der Waals surface area contributed by atoms with Gasteiger partial charge in [-0.3, -0.25) is 23.5 Å². The Labute approximate surface area is 172 Å². The van der Waals surface area contributed by atoms with Gasteiger partial charge in [0.15, 0.2) is 5.78 Å². The Kier molecular flexibility index (Phi) is 5.28. The summed E-state index contributed by atoms with van der Waals surface area (Å²) in [6.45, 7) is 3.71. The predicted octanol–water partition coefficient (Wildman–Crippen LogP) is 1.94. The van der Waals surface area contributed by atoms with Crippen LogP contribution in [0.2, 0.25) is 0 Å². The molecule has 1 aromatic carbocycles. The van der Waals surface area contributed by atoms with Crippen molar-refractivity contribution in [1.29, 1.82) is 0 Å². The first-order valence-electron chi connectivity index (χ1n) is 9.47. The summed E-state index contributed by atoms with van der Waals surface area (Å²) in [5, 5.41) is 21.5. The topological polar surface area (TPSA) is 119 Å². The Morgan fingerprint density at radius 3 is 2.13 bits per heavy atom. The molecule has 0 amide bonds. The van der Waals surface area contributed by atoms with Crippen molar-refractivity contribution < 1.29 is 19.8 Å². The highest BCUT2D eigenvalue weighted by Gasteiger charge is 2.40. The molecular formula is C22H24N2O6. The fraction of sp³-hybridized carbons (Fsp3) is 0.364. The molecule has 1 unspecified atom stereocenters. The SMILES string of the molecule is Cn1c(O)c(C(C2=C(O)CC(C)(C)CC2=O)c2ccc(C=O)cc2)c(=O)n(C)c1=O. The number of ketones is 1. The lowest BCUT2D eigenvalue weighted by molar-refractivity contribution is -0.118. The highest BCUT2D eigenvalue weighted by molar-refractivity contribution is 5.99. The molecule has 0 bridgehead atoms. The maximum atomic E-state index is 13.1. The second-order valence-electron chi connectivity index (χ2n) is 8.46. The molecule has 1 aliphatic carbocycles. The number of aromatic hydroxyl groups is 1. The highest BCUT2D eigenvalue weighted by atomic mass is 16.3. The van der Waals surface area contributed by atoms with E-state index in [9.17, 15) is 29.4 Å². The molecule has 1 atom stereocenters. The normalized spacial score (nSPS) is 17.1. The number of carbonyl (C=O) groups is 2. The zero-order valence-corrected chi connectivity index (χ0v) is 17.3.